The van der Waals surface area contributed by atoms with Crippen molar-refractivity contribution in [2.45, 2.75) is 39.3 Å². The Kier molecular flexibility index (Phi) is 7.22. The van der Waals surface area contributed by atoms with Crippen LogP contribution in [0.4, 0.5) is 4.79 Å². The van der Waals surface area contributed by atoms with Crippen LogP contribution in [0.5, 0.6) is 5.75 Å². The lowest BCUT2D eigenvalue weighted by molar-refractivity contribution is -0.150. The maximum atomic E-state index is 12.3. The minimum Gasteiger partial charge on any atom is -0.479 e. The summed E-state index contributed by atoms with van der Waals surface area (Å²) >= 11 is 0. The first-order valence-electron chi connectivity index (χ1n) is 8.82. The van der Waals surface area contributed by atoms with E-state index >= 15 is 0 Å². The number of ether oxygens (including phenoxy) is 3. The molecule has 8 nitrogen and oxygen atoms in total. The third-order valence-electron chi connectivity index (χ3n) is 3.89. The molecule has 2 amide bonds. The molecular weight excluding hydrogens is 352 g/mol. The van der Waals surface area contributed by atoms with Crippen molar-refractivity contribution in [2.24, 2.45) is 0 Å². The molecule has 0 radical (unpaired) electrons. The van der Waals surface area contributed by atoms with Crippen LogP contribution >= 0.6 is 0 Å². The molecule has 0 fully saturated rings. The fraction of sp³-hybridized carbons (Fsp3) is 0.421. The standard InChI is InChI=1S/C19H24N2O6/c1-4-14-16(18(23)25-5-2)15(21-19(24)20-14)11-26-17(22)12(3)27-13-9-7-6-8-10-13/h6-10,12,14H,4-5,11H2,1-3H3,(H2,20,21,24)/t12-,14-/m1/s1. The minimum absolute atomic E-state index is 0.196. The first-order chi connectivity index (χ1) is 13.0. The highest BCUT2D eigenvalue weighted by molar-refractivity contribution is 5.95. The molecular formula is C19H24N2O6. The van der Waals surface area contributed by atoms with E-state index in [0.717, 1.165) is 0 Å². The summed E-state index contributed by atoms with van der Waals surface area (Å²) in [5, 5.41) is 5.18. The van der Waals surface area contributed by atoms with Crippen LogP contribution < -0.4 is 15.4 Å². The zero-order valence-electron chi connectivity index (χ0n) is 15.6. The van der Waals surface area contributed by atoms with Crippen LogP contribution in [0.2, 0.25) is 0 Å². The highest BCUT2D eigenvalue weighted by Gasteiger charge is 2.32. The summed E-state index contributed by atoms with van der Waals surface area (Å²) in [5.41, 5.74) is 0.465. The van der Waals surface area contributed by atoms with Crippen LogP contribution in [0.1, 0.15) is 27.2 Å². The summed E-state index contributed by atoms with van der Waals surface area (Å²) in [6.07, 6.45) is -0.356. The van der Waals surface area contributed by atoms with Crippen molar-refractivity contribution in [2.75, 3.05) is 13.2 Å². The number of nitrogens with one attached hydrogen (secondary N) is 2. The third-order valence-corrected chi connectivity index (χ3v) is 3.89. The first-order valence-corrected chi connectivity index (χ1v) is 8.82. The summed E-state index contributed by atoms with van der Waals surface area (Å²) in [7, 11) is 0. The van der Waals surface area contributed by atoms with Crippen molar-refractivity contribution in [1.29, 1.82) is 0 Å². The summed E-state index contributed by atoms with van der Waals surface area (Å²) < 4.78 is 15.8. The Morgan fingerprint density at radius 3 is 2.48 bits per heavy atom. The zero-order chi connectivity index (χ0) is 19.8. The second-order valence-electron chi connectivity index (χ2n) is 5.85. The molecule has 1 aliphatic heterocycles. The van der Waals surface area contributed by atoms with Crippen molar-refractivity contribution in [1.82, 2.24) is 10.6 Å². The Labute approximate surface area is 157 Å². The monoisotopic (exact) mass is 376 g/mol. The van der Waals surface area contributed by atoms with Crippen molar-refractivity contribution in [3.63, 3.8) is 0 Å². The van der Waals surface area contributed by atoms with Crippen LogP contribution in [0.25, 0.3) is 0 Å². The van der Waals surface area contributed by atoms with Crippen molar-refractivity contribution < 1.29 is 28.6 Å². The Morgan fingerprint density at radius 2 is 1.85 bits per heavy atom. The fourth-order valence-corrected chi connectivity index (χ4v) is 2.59. The predicted molar refractivity (Wildman–Crippen MR) is 96.9 cm³/mol. The molecule has 146 valence electrons. The van der Waals surface area contributed by atoms with E-state index < -0.39 is 30.1 Å². The van der Waals surface area contributed by atoms with Crippen molar-refractivity contribution >= 4 is 18.0 Å². The molecule has 0 saturated heterocycles. The van der Waals surface area contributed by atoms with E-state index in [1.807, 2.05) is 13.0 Å². The molecule has 1 aliphatic rings. The van der Waals surface area contributed by atoms with Gasteiger partial charge in [-0.25, -0.2) is 14.4 Å². The Hall–Kier alpha value is -3.03. The number of esters is 2. The maximum absolute atomic E-state index is 12.3. The van der Waals surface area contributed by atoms with Gasteiger partial charge in [-0.15, -0.1) is 0 Å². The molecule has 1 aromatic rings. The van der Waals surface area contributed by atoms with E-state index in [2.05, 4.69) is 10.6 Å². The van der Waals surface area contributed by atoms with Crippen molar-refractivity contribution in [3.8, 4) is 5.75 Å². The van der Waals surface area contributed by atoms with Crippen LogP contribution in [0, 0.1) is 0 Å². The van der Waals surface area contributed by atoms with Crippen LogP contribution in [-0.4, -0.2) is 43.3 Å². The topological polar surface area (TPSA) is 103 Å². The van der Waals surface area contributed by atoms with Gasteiger partial charge in [0.2, 0.25) is 0 Å². The fourth-order valence-electron chi connectivity index (χ4n) is 2.59. The molecule has 0 unspecified atom stereocenters. The Bertz CT molecular complexity index is 716. The molecule has 0 spiro atoms. The van der Waals surface area contributed by atoms with E-state index in [4.69, 9.17) is 14.2 Å². The van der Waals surface area contributed by atoms with Crippen LogP contribution in [-0.2, 0) is 19.1 Å². The normalized spacial score (nSPS) is 17.4. The van der Waals surface area contributed by atoms with Crippen LogP contribution in [0.15, 0.2) is 41.6 Å². The highest BCUT2D eigenvalue weighted by Crippen LogP contribution is 2.18. The van der Waals surface area contributed by atoms with E-state index in [9.17, 15) is 14.4 Å². The van der Waals surface area contributed by atoms with Gasteiger partial charge in [-0.05, 0) is 32.4 Å². The SMILES string of the molecule is CCOC(=O)C1=C(COC(=O)[C@@H](C)Oc2ccccc2)NC(=O)N[C@@H]1CC. The number of hydrogen-bond acceptors (Lipinski definition) is 6. The second kappa shape index (κ2) is 9.61. The maximum Gasteiger partial charge on any atom is 0.347 e. The predicted octanol–water partition coefficient (Wildman–Crippen LogP) is 1.91. The van der Waals surface area contributed by atoms with E-state index in [-0.39, 0.29) is 24.5 Å². The number of amides is 2. The van der Waals surface area contributed by atoms with Gasteiger partial charge >= 0.3 is 18.0 Å². The van der Waals surface area contributed by atoms with E-state index in [1.165, 1.54) is 0 Å². The largest absolute Gasteiger partial charge is 0.479 e. The summed E-state index contributed by atoms with van der Waals surface area (Å²) in [6, 6.07) is 7.90. The smallest absolute Gasteiger partial charge is 0.347 e. The van der Waals surface area contributed by atoms with Gasteiger partial charge in [-0.2, -0.15) is 0 Å². The summed E-state index contributed by atoms with van der Waals surface area (Å²) in [6.45, 7) is 5.01. The molecule has 27 heavy (non-hydrogen) atoms. The second-order valence-corrected chi connectivity index (χ2v) is 5.85. The number of carbonyl (C=O) groups excluding carboxylic acids is 3. The summed E-state index contributed by atoms with van der Waals surface area (Å²) in [4.78, 5) is 36.3. The number of rotatable bonds is 8. The van der Waals surface area contributed by atoms with E-state index in [1.54, 1.807) is 38.1 Å². The molecule has 2 atom stereocenters. The summed E-state index contributed by atoms with van der Waals surface area (Å²) in [5.74, 6) is -0.638. The molecule has 1 heterocycles. The number of benzene rings is 1. The number of hydrogen-bond donors (Lipinski definition) is 2. The average Bonchev–Trinajstić information content (AvgIpc) is 2.66. The van der Waals surface area contributed by atoms with Crippen LogP contribution in [0.3, 0.4) is 0 Å². The number of para-hydroxylation sites is 1. The van der Waals surface area contributed by atoms with Gasteiger partial charge in [0.25, 0.3) is 0 Å². The molecule has 2 N–H and O–H groups in total. The number of urea groups is 1. The van der Waals surface area contributed by atoms with Gasteiger partial charge in [0, 0.05) is 0 Å². The quantitative estimate of drug-likeness (QED) is 0.672. The molecule has 0 saturated carbocycles. The molecule has 0 bridgehead atoms. The lowest BCUT2D eigenvalue weighted by Crippen LogP contribution is -2.51. The molecule has 1 aromatic carbocycles. The molecule has 0 aliphatic carbocycles. The van der Waals surface area contributed by atoms with E-state index in [0.29, 0.717) is 12.2 Å². The Morgan fingerprint density at radius 1 is 1.15 bits per heavy atom. The van der Waals surface area contributed by atoms with Gasteiger partial charge in [-0.1, -0.05) is 25.1 Å². The lowest BCUT2D eigenvalue weighted by atomic mass is 10.0. The van der Waals surface area contributed by atoms with Crippen molar-refractivity contribution in [3.05, 3.63) is 41.6 Å². The van der Waals surface area contributed by atoms with Gasteiger partial charge in [0.1, 0.15) is 12.4 Å². The molecule has 2 rings (SSSR count). The first kappa shape index (κ1) is 20.3. The highest BCUT2D eigenvalue weighted by atomic mass is 16.6. The van der Waals surface area contributed by atoms with Gasteiger partial charge in [0.15, 0.2) is 6.10 Å². The van der Waals surface area contributed by atoms with Gasteiger partial charge < -0.3 is 24.8 Å². The van der Waals surface area contributed by atoms with Gasteiger partial charge in [-0.3, -0.25) is 0 Å². The lowest BCUT2D eigenvalue weighted by Gasteiger charge is -2.28. The Balaban J connectivity index is 2.08. The zero-order valence-corrected chi connectivity index (χ0v) is 15.6. The molecule has 0 aromatic heterocycles. The molecule has 8 heteroatoms. The third kappa shape index (κ3) is 5.47. The number of carbonyl (C=O) groups is 3. The average molecular weight is 376 g/mol. The van der Waals surface area contributed by atoms with Gasteiger partial charge in [0.05, 0.1) is 23.9 Å². The minimum atomic E-state index is -0.849.